The fourth-order valence-electron chi connectivity index (χ4n) is 2.50. The predicted octanol–water partition coefficient (Wildman–Crippen LogP) is -0.366. The molecule has 0 radical (unpaired) electrons. The second-order valence-electron chi connectivity index (χ2n) is 3.97. The van der Waals surface area contributed by atoms with E-state index in [1.807, 2.05) is 0 Å². The molecule has 2 fully saturated rings. The van der Waals surface area contributed by atoms with Gasteiger partial charge in [-0.3, -0.25) is 9.59 Å². The van der Waals surface area contributed by atoms with Gasteiger partial charge >= 0.3 is 0 Å². The van der Waals surface area contributed by atoms with Gasteiger partial charge in [0.2, 0.25) is 11.8 Å². The Hall–Kier alpha value is -1.06. The van der Waals surface area contributed by atoms with E-state index >= 15 is 0 Å². The number of nitrogens with two attached hydrogens (primary N) is 1. The Morgan fingerprint density at radius 1 is 1.31 bits per heavy atom. The maximum absolute atomic E-state index is 11.4. The van der Waals surface area contributed by atoms with Crippen molar-refractivity contribution in [2.24, 2.45) is 23.5 Å². The summed E-state index contributed by atoms with van der Waals surface area (Å²) in [6.07, 6.45) is 3.62. The van der Waals surface area contributed by atoms with Gasteiger partial charge in [0.25, 0.3) is 0 Å². The van der Waals surface area contributed by atoms with E-state index in [4.69, 9.17) is 5.73 Å². The maximum atomic E-state index is 11.4. The maximum Gasteiger partial charge on any atom is 0.236 e. The molecular weight excluding hydrogens is 168 g/mol. The van der Waals surface area contributed by atoms with E-state index < -0.39 is 5.91 Å². The highest BCUT2D eigenvalue weighted by atomic mass is 16.2. The van der Waals surface area contributed by atoms with Crippen molar-refractivity contribution in [3.63, 3.8) is 0 Å². The average Bonchev–Trinajstić information content (AvgIpc) is 2.56. The molecule has 0 aliphatic heterocycles. The van der Waals surface area contributed by atoms with Crippen LogP contribution in [0.1, 0.15) is 19.3 Å². The van der Waals surface area contributed by atoms with Crippen LogP contribution in [-0.2, 0) is 9.59 Å². The van der Waals surface area contributed by atoms with Crippen molar-refractivity contribution in [2.45, 2.75) is 19.3 Å². The SMILES string of the molecule is NC(=O)CNC(=O)C1C2CCCC21. The number of rotatable bonds is 3. The molecule has 0 spiro atoms. The third-order valence-corrected chi connectivity index (χ3v) is 3.15. The summed E-state index contributed by atoms with van der Waals surface area (Å²) in [6.45, 7) is -0.0191. The Morgan fingerprint density at radius 2 is 1.92 bits per heavy atom. The van der Waals surface area contributed by atoms with Crippen LogP contribution in [0.2, 0.25) is 0 Å². The molecule has 2 saturated carbocycles. The van der Waals surface area contributed by atoms with E-state index in [9.17, 15) is 9.59 Å². The van der Waals surface area contributed by atoms with Crippen molar-refractivity contribution in [1.29, 1.82) is 0 Å². The Balaban J connectivity index is 1.77. The first-order valence-corrected chi connectivity index (χ1v) is 4.76. The highest BCUT2D eigenvalue weighted by Gasteiger charge is 2.56. The molecule has 4 heteroatoms. The van der Waals surface area contributed by atoms with Crippen molar-refractivity contribution >= 4 is 11.8 Å². The van der Waals surface area contributed by atoms with Crippen molar-refractivity contribution in [3.05, 3.63) is 0 Å². The van der Waals surface area contributed by atoms with Crippen LogP contribution >= 0.6 is 0 Å². The molecule has 2 unspecified atom stereocenters. The molecule has 2 aliphatic carbocycles. The zero-order valence-corrected chi connectivity index (χ0v) is 7.45. The van der Waals surface area contributed by atoms with Gasteiger partial charge < -0.3 is 11.1 Å². The Bertz CT molecular complexity index is 242. The lowest BCUT2D eigenvalue weighted by atomic mass is 10.1. The number of carbonyl (C=O) groups excluding carboxylic acids is 2. The lowest BCUT2D eigenvalue weighted by molar-refractivity contribution is -0.126. The summed E-state index contributed by atoms with van der Waals surface area (Å²) >= 11 is 0. The van der Waals surface area contributed by atoms with E-state index in [0.717, 1.165) is 0 Å². The highest BCUT2D eigenvalue weighted by Crippen LogP contribution is 2.57. The summed E-state index contributed by atoms with van der Waals surface area (Å²) in [7, 11) is 0. The van der Waals surface area contributed by atoms with Crippen LogP contribution in [-0.4, -0.2) is 18.4 Å². The standard InChI is InChI=1S/C9H14N2O2/c10-7(12)4-11-9(13)8-5-2-1-3-6(5)8/h5-6,8H,1-4H2,(H2,10,12)(H,11,13). The van der Waals surface area contributed by atoms with Crippen LogP contribution in [0.5, 0.6) is 0 Å². The summed E-state index contributed by atoms with van der Waals surface area (Å²) in [5.74, 6) is 0.946. The lowest BCUT2D eigenvalue weighted by Gasteiger charge is -2.03. The minimum atomic E-state index is -0.473. The molecule has 4 nitrogen and oxygen atoms in total. The summed E-state index contributed by atoms with van der Waals surface area (Å²) < 4.78 is 0. The van der Waals surface area contributed by atoms with Gasteiger partial charge in [-0.05, 0) is 24.7 Å². The third-order valence-electron chi connectivity index (χ3n) is 3.15. The molecule has 72 valence electrons. The average molecular weight is 182 g/mol. The molecular formula is C9H14N2O2. The van der Waals surface area contributed by atoms with E-state index in [0.29, 0.717) is 11.8 Å². The minimum absolute atomic E-state index is 0.0191. The van der Waals surface area contributed by atoms with Crippen LogP contribution in [0.4, 0.5) is 0 Å². The van der Waals surface area contributed by atoms with Crippen molar-refractivity contribution in [3.8, 4) is 0 Å². The molecule has 2 amide bonds. The molecule has 0 aromatic heterocycles. The van der Waals surface area contributed by atoms with Crippen LogP contribution < -0.4 is 11.1 Å². The number of primary amides is 1. The van der Waals surface area contributed by atoms with E-state index in [2.05, 4.69) is 5.32 Å². The van der Waals surface area contributed by atoms with E-state index in [1.165, 1.54) is 19.3 Å². The number of hydrogen-bond donors (Lipinski definition) is 2. The quantitative estimate of drug-likeness (QED) is 0.625. The van der Waals surface area contributed by atoms with Crippen LogP contribution in [0.25, 0.3) is 0 Å². The molecule has 2 atom stereocenters. The van der Waals surface area contributed by atoms with E-state index in [-0.39, 0.29) is 18.4 Å². The highest BCUT2D eigenvalue weighted by molar-refractivity contribution is 5.87. The Morgan fingerprint density at radius 3 is 2.46 bits per heavy atom. The van der Waals surface area contributed by atoms with Gasteiger partial charge in [-0.15, -0.1) is 0 Å². The summed E-state index contributed by atoms with van der Waals surface area (Å²) in [5.41, 5.74) is 4.92. The normalized spacial score (nSPS) is 35.2. The molecule has 0 heterocycles. The summed E-state index contributed by atoms with van der Waals surface area (Å²) in [5, 5.41) is 2.56. The van der Waals surface area contributed by atoms with Crippen molar-refractivity contribution < 1.29 is 9.59 Å². The first-order valence-electron chi connectivity index (χ1n) is 4.76. The van der Waals surface area contributed by atoms with Gasteiger partial charge in [0.05, 0.1) is 6.54 Å². The molecule has 3 N–H and O–H groups in total. The molecule has 2 rings (SSSR count). The molecule has 0 aromatic carbocycles. The van der Waals surface area contributed by atoms with E-state index in [1.54, 1.807) is 0 Å². The smallest absolute Gasteiger partial charge is 0.236 e. The van der Waals surface area contributed by atoms with Gasteiger partial charge in [-0.25, -0.2) is 0 Å². The number of carbonyl (C=O) groups is 2. The van der Waals surface area contributed by atoms with Gasteiger partial charge in [0.15, 0.2) is 0 Å². The van der Waals surface area contributed by atoms with Crippen molar-refractivity contribution in [2.75, 3.05) is 6.54 Å². The molecule has 0 aromatic rings. The van der Waals surface area contributed by atoms with Crippen LogP contribution in [0, 0.1) is 17.8 Å². The lowest BCUT2D eigenvalue weighted by Crippen LogP contribution is -2.35. The first kappa shape index (κ1) is 8.53. The summed E-state index contributed by atoms with van der Waals surface area (Å²) in [6, 6.07) is 0. The topological polar surface area (TPSA) is 72.2 Å². The van der Waals surface area contributed by atoms with Crippen LogP contribution in [0.3, 0.4) is 0 Å². The number of hydrogen-bond acceptors (Lipinski definition) is 2. The Kier molecular flexibility index (Phi) is 1.98. The largest absolute Gasteiger partial charge is 0.368 e. The fraction of sp³-hybridized carbons (Fsp3) is 0.778. The third kappa shape index (κ3) is 1.53. The van der Waals surface area contributed by atoms with Crippen molar-refractivity contribution in [1.82, 2.24) is 5.32 Å². The van der Waals surface area contributed by atoms with Gasteiger partial charge in [-0.2, -0.15) is 0 Å². The summed E-state index contributed by atoms with van der Waals surface area (Å²) in [4.78, 5) is 21.8. The molecule has 0 bridgehead atoms. The second kappa shape index (κ2) is 3.01. The number of fused-ring (bicyclic) bond motifs is 1. The van der Waals surface area contributed by atoms with Gasteiger partial charge in [0, 0.05) is 5.92 Å². The molecule has 2 aliphatic rings. The predicted molar refractivity (Wildman–Crippen MR) is 46.5 cm³/mol. The monoisotopic (exact) mass is 182 g/mol. The Labute approximate surface area is 76.9 Å². The second-order valence-corrected chi connectivity index (χ2v) is 3.97. The van der Waals surface area contributed by atoms with Gasteiger partial charge in [-0.1, -0.05) is 6.42 Å². The minimum Gasteiger partial charge on any atom is -0.368 e. The fourth-order valence-corrected chi connectivity index (χ4v) is 2.50. The van der Waals surface area contributed by atoms with Crippen LogP contribution in [0.15, 0.2) is 0 Å². The zero-order valence-electron chi connectivity index (χ0n) is 7.45. The van der Waals surface area contributed by atoms with Gasteiger partial charge in [0.1, 0.15) is 0 Å². The zero-order chi connectivity index (χ0) is 9.42. The molecule has 13 heavy (non-hydrogen) atoms. The molecule has 0 saturated heterocycles. The number of nitrogens with one attached hydrogen (secondary N) is 1. The first-order chi connectivity index (χ1) is 6.20. The number of amides is 2.